The first-order valence-corrected chi connectivity index (χ1v) is 5.74. The van der Waals surface area contributed by atoms with Crippen molar-refractivity contribution in [3.05, 3.63) is 0 Å². The number of tetrazole rings is 1. The number of hydrogen-bond donors (Lipinski definition) is 2. The zero-order chi connectivity index (χ0) is 15.1. The predicted octanol–water partition coefficient (Wildman–Crippen LogP) is 0.0898. The number of carbonyl (C=O) groups excluding carboxylic acids is 1. The van der Waals surface area contributed by atoms with Crippen LogP contribution in [0.4, 0.5) is 19.1 Å². The van der Waals surface area contributed by atoms with E-state index in [-0.39, 0.29) is 12.6 Å². The summed E-state index contributed by atoms with van der Waals surface area (Å²) in [6, 6.07) is -1.13. The second kappa shape index (κ2) is 4.58. The van der Waals surface area contributed by atoms with Gasteiger partial charge in [-0.3, -0.25) is 4.79 Å². The molecule has 0 amide bonds. The molecule has 0 saturated carbocycles. The third kappa shape index (κ3) is 1.97. The van der Waals surface area contributed by atoms with Crippen molar-refractivity contribution in [1.29, 1.82) is 0 Å². The number of aliphatic hydroxyl groups is 1. The molecule has 2 N–H and O–H groups in total. The maximum absolute atomic E-state index is 13.2. The predicted molar refractivity (Wildman–Crippen MR) is 57.3 cm³/mol. The topological polar surface area (TPSA) is 102 Å². The van der Waals surface area contributed by atoms with Gasteiger partial charge in [-0.2, -0.15) is 13.2 Å². The quantitative estimate of drug-likeness (QED) is 0.745. The molecule has 0 fully saturated rings. The largest absolute Gasteiger partial charge is 0.466 e. The van der Waals surface area contributed by atoms with Gasteiger partial charge >= 0.3 is 12.1 Å². The average molecular weight is 295 g/mol. The SMILES string of the molecule is CCOC(=O)[C@@H]1[C@@H](C)n2nnnc2N[C@@]1(O)C(F)(F)F. The Balaban J connectivity index is 2.51. The van der Waals surface area contributed by atoms with Crippen LogP contribution in [0.15, 0.2) is 0 Å². The maximum atomic E-state index is 13.2. The third-order valence-corrected chi connectivity index (χ3v) is 3.09. The highest BCUT2D eigenvalue weighted by Crippen LogP contribution is 2.45. The number of carbonyl (C=O) groups is 1. The van der Waals surface area contributed by atoms with E-state index in [4.69, 9.17) is 0 Å². The fourth-order valence-electron chi connectivity index (χ4n) is 2.14. The average Bonchev–Trinajstić information content (AvgIpc) is 2.75. The molecule has 8 nitrogen and oxygen atoms in total. The molecule has 0 aliphatic carbocycles. The first kappa shape index (κ1) is 14.5. The van der Waals surface area contributed by atoms with Crippen molar-refractivity contribution in [3.63, 3.8) is 0 Å². The van der Waals surface area contributed by atoms with E-state index >= 15 is 0 Å². The number of alkyl halides is 3. The number of fused-ring (bicyclic) bond motifs is 1. The number of halogens is 3. The zero-order valence-electron chi connectivity index (χ0n) is 10.5. The minimum Gasteiger partial charge on any atom is -0.466 e. The molecule has 0 bridgehead atoms. The first-order chi connectivity index (χ1) is 9.22. The standard InChI is InChI=1S/C9H12F3N5O3/c1-3-20-6(18)5-4(2)17-7(14-15-16-17)13-8(5,19)9(10,11)12/h4-5,19H,3H2,1-2H3,(H,13,14,16)/t4-,5+,8+/m1/s1. The number of nitrogens with one attached hydrogen (secondary N) is 1. The molecule has 1 aliphatic rings. The van der Waals surface area contributed by atoms with Gasteiger partial charge in [0.2, 0.25) is 5.95 Å². The van der Waals surface area contributed by atoms with Crippen LogP contribution in [0.5, 0.6) is 0 Å². The van der Waals surface area contributed by atoms with E-state index in [1.807, 2.05) is 0 Å². The lowest BCUT2D eigenvalue weighted by Gasteiger charge is -2.42. The van der Waals surface area contributed by atoms with Crippen LogP contribution in [-0.2, 0) is 9.53 Å². The molecular weight excluding hydrogens is 283 g/mol. The van der Waals surface area contributed by atoms with E-state index < -0.39 is 29.8 Å². The molecule has 0 aromatic carbocycles. The van der Waals surface area contributed by atoms with E-state index in [1.165, 1.54) is 13.8 Å². The van der Waals surface area contributed by atoms with Crippen LogP contribution < -0.4 is 5.32 Å². The minimum atomic E-state index is -5.12. The molecule has 0 unspecified atom stereocenters. The summed E-state index contributed by atoms with van der Waals surface area (Å²) in [5.41, 5.74) is -3.50. The van der Waals surface area contributed by atoms with Gasteiger partial charge in [0.15, 0.2) is 0 Å². The molecule has 1 aliphatic heterocycles. The van der Waals surface area contributed by atoms with Crippen LogP contribution in [-0.4, -0.2) is 49.8 Å². The number of anilines is 1. The second-order valence-corrected chi connectivity index (χ2v) is 4.31. The molecule has 3 atom stereocenters. The van der Waals surface area contributed by atoms with Crippen molar-refractivity contribution >= 4 is 11.9 Å². The van der Waals surface area contributed by atoms with Gasteiger partial charge in [-0.1, -0.05) is 5.10 Å². The lowest BCUT2D eigenvalue weighted by molar-refractivity contribution is -0.275. The smallest absolute Gasteiger partial charge is 0.437 e. The lowest BCUT2D eigenvalue weighted by Crippen LogP contribution is -2.64. The van der Waals surface area contributed by atoms with Crippen molar-refractivity contribution in [2.45, 2.75) is 31.8 Å². The summed E-state index contributed by atoms with van der Waals surface area (Å²) in [7, 11) is 0. The number of rotatable bonds is 2. The van der Waals surface area contributed by atoms with Gasteiger partial charge in [0, 0.05) is 0 Å². The van der Waals surface area contributed by atoms with Gasteiger partial charge in [0.05, 0.1) is 12.6 Å². The first-order valence-electron chi connectivity index (χ1n) is 5.74. The number of aromatic nitrogens is 4. The van der Waals surface area contributed by atoms with Gasteiger partial charge in [0.1, 0.15) is 5.92 Å². The number of hydrogen-bond acceptors (Lipinski definition) is 7. The third-order valence-electron chi connectivity index (χ3n) is 3.09. The van der Waals surface area contributed by atoms with E-state index in [0.29, 0.717) is 0 Å². The van der Waals surface area contributed by atoms with E-state index in [2.05, 4.69) is 20.3 Å². The van der Waals surface area contributed by atoms with Crippen molar-refractivity contribution in [3.8, 4) is 0 Å². The highest BCUT2D eigenvalue weighted by molar-refractivity contribution is 5.76. The maximum Gasteiger partial charge on any atom is 0.437 e. The summed E-state index contributed by atoms with van der Waals surface area (Å²) >= 11 is 0. The molecule has 0 radical (unpaired) electrons. The Morgan fingerprint density at radius 3 is 2.80 bits per heavy atom. The Hall–Kier alpha value is -1.91. The fraction of sp³-hybridized carbons (Fsp3) is 0.778. The van der Waals surface area contributed by atoms with E-state index in [0.717, 1.165) is 4.68 Å². The Kier molecular flexibility index (Phi) is 3.32. The number of esters is 1. The normalized spacial score (nSPS) is 29.5. The van der Waals surface area contributed by atoms with Gasteiger partial charge in [-0.05, 0) is 24.3 Å². The van der Waals surface area contributed by atoms with Crippen LogP contribution in [0.2, 0.25) is 0 Å². The van der Waals surface area contributed by atoms with Crippen LogP contribution in [0.25, 0.3) is 0 Å². The van der Waals surface area contributed by atoms with Crippen LogP contribution >= 0.6 is 0 Å². The number of nitrogens with zero attached hydrogens (tertiary/aromatic N) is 4. The van der Waals surface area contributed by atoms with Crippen molar-refractivity contribution in [1.82, 2.24) is 20.2 Å². The van der Waals surface area contributed by atoms with Gasteiger partial charge < -0.3 is 15.2 Å². The molecule has 112 valence electrons. The Morgan fingerprint density at radius 1 is 1.60 bits per heavy atom. The van der Waals surface area contributed by atoms with E-state index in [1.54, 1.807) is 5.32 Å². The Bertz CT molecular complexity index is 519. The van der Waals surface area contributed by atoms with Gasteiger partial charge in [-0.25, -0.2) is 4.68 Å². The van der Waals surface area contributed by atoms with Crippen molar-refractivity contribution in [2.24, 2.45) is 5.92 Å². The second-order valence-electron chi connectivity index (χ2n) is 4.31. The summed E-state index contributed by atoms with van der Waals surface area (Å²) in [5.74, 6) is -3.50. The minimum absolute atomic E-state index is 0.113. The fourth-order valence-corrected chi connectivity index (χ4v) is 2.14. The molecule has 11 heteroatoms. The Labute approximate surface area is 110 Å². The molecule has 0 spiro atoms. The lowest BCUT2D eigenvalue weighted by atomic mass is 9.87. The van der Waals surface area contributed by atoms with Crippen LogP contribution in [0.1, 0.15) is 19.9 Å². The molecule has 1 aromatic rings. The van der Waals surface area contributed by atoms with Crippen LogP contribution in [0, 0.1) is 5.92 Å². The Morgan fingerprint density at radius 2 is 2.25 bits per heavy atom. The summed E-state index contributed by atoms with van der Waals surface area (Å²) < 4.78 is 45.1. The highest BCUT2D eigenvalue weighted by atomic mass is 19.4. The van der Waals surface area contributed by atoms with Crippen molar-refractivity contribution < 1.29 is 27.8 Å². The van der Waals surface area contributed by atoms with Crippen molar-refractivity contribution in [2.75, 3.05) is 11.9 Å². The molecule has 2 rings (SSSR count). The summed E-state index contributed by atoms with van der Waals surface area (Å²) in [4.78, 5) is 11.8. The van der Waals surface area contributed by atoms with Gasteiger partial charge in [-0.15, -0.1) is 0 Å². The number of ether oxygens (including phenoxy) is 1. The molecule has 0 saturated heterocycles. The molecule has 2 heterocycles. The molecule has 20 heavy (non-hydrogen) atoms. The monoisotopic (exact) mass is 295 g/mol. The summed E-state index contributed by atoms with van der Waals surface area (Å²) in [6.07, 6.45) is -5.12. The van der Waals surface area contributed by atoms with Crippen LogP contribution in [0.3, 0.4) is 0 Å². The van der Waals surface area contributed by atoms with E-state index in [9.17, 15) is 23.1 Å². The zero-order valence-corrected chi connectivity index (χ0v) is 10.5. The molecule has 1 aromatic heterocycles. The highest BCUT2D eigenvalue weighted by Gasteiger charge is 2.66. The summed E-state index contributed by atoms with van der Waals surface area (Å²) in [6.45, 7) is 2.63. The van der Waals surface area contributed by atoms with Gasteiger partial charge in [0.25, 0.3) is 5.72 Å². The summed E-state index contributed by atoms with van der Waals surface area (Å²) in [5, 5.41) is 21.8. The molecular formula is C9H12F3N5O3.